The Balaban J connectivity index is 1.63. The first-order chi connectivity index (χ1) is 12.3. The van der Waals surface area contributed by atoms with Gasteiger partial charge in [0.1, 0.15) is 0 Å². The zero-order valence-electron chi connectivity index (χ0n) is 13.8. The number of fused-ring (bicyclic) bond motifs is 2. The first-order valence-corrected chi connectivity index (χ1v) is 9.13. The number of aromatic nitrogens is 4. The minimum Gasteiger partial charge on any atom is -0.378 e. The maximum Gasteiger partial charge on any atom is 0.180 e. The maximum atomic E-state index is 5.45. The highest BCUT2D eigenvalue weighted by Crippen LogP contribution is 2.29. The smallest absolute Gasteiger partial charge is 0.180 e. The predicted molar refractivity (Wildman–Crippen MR) is 99.4 cm³/mol. The van der Waals surface area contributed by atoms with E-state index < -0.39 is 0 Å². The van der Waals surface area contributed by atoms with Gasteiger partial charge in [-0.15, -0.1) is 11.3 Å². The van der Waals surface area contributed by atoms with Crippen molar-refractivity contribution < 1.29 is 4.74 Å². The van der Waals surface area contributed by atoms with Crippen molar-refractivity contribution in [2.24, 2.45) is 0 Å². The summed E-state index contributed by atoms with van der Waals surface area (Å²) in [5, 5.41) is 1.09. The molecule has 1 aliphatic rings. The van der Waals surface area contributed by atoms with Crippen LogP contribution in [0.4, 0.5) is 5.82 Å². The number of thiazole rings is 1. The topological polar surface area (TPSA) is 55.5 Å². The van der Waals surface area contributed by atoms with Gasteiger partial charge in [0.25, 0.3) is 0 Å². The molecule has 4 heterocycles. The molecule has 126 valence electrons. The van der Waals surface area contributed by atoms with Crippen LogP contribution in [-0.4, -0.2) is 45.7 Å². The molecule has 6 nitrogen and oxygen atoms in total. The van der Waals surface area contributed by atoms with Gasteiger partial charge in [-0.1, -0.05) is 6.07 Å². The van der Waals surface area contributed by atoms with Gasteiger partial charge in [0, 0.05) is 31.0 Å². The lowest BCUT2D eigenvalue weighted by Crippen LogP contribution is -2.37. The van der Waals surface area contributed by atoms with Gasteiger partial charge in [0.15, 0.2) is 11.5 Å². The van der Waals surface area contributed by atoms with Crippen LogP contribution in [0.5, 0.6) is 0 Å². The number of rotatable bonds is 2. The Morgan fingerprint density at radius 3 is 2.92 bits per heavy atom. The summed E-state index contributed by atoms with van der Waals surface area (Å²) in [4.78, 5) is 16.1. The van der Waals surface area contributed by atoms with E-state index in [9.17, 15) is 0 Å². The molecular formula is C18H17N5OS. The number of hydrogen-bond acceptors (Lipinski definition) is 6. The first kappa shape index (κ1) is 14.8. The van der Waals surface area contributed by atoms with Crippen LogP contribution < -0.4 is 4.90 Å². The second-order valence-corrected chi connectivity index (χ2v) is 7.34. The molecule has 0 amide bonds. The van der Waals surface area contributed by atoms with Crippen LogP contribution >= 0.6 is 11.3 Å². The fourth-order valence-electron chi connectivity index (χ4n) is 3.32. The number of imidazole rings is 1. The monoisotopic (exact) mass is 351 g/mol. The van der Waals surface area contributed by atoms with Gasteiger partial charge >= 0.3 is 0 Å². The Morgan fingerprint density at radius 1 is 1.16 bits per heavy atom. The molecule has 5 rings (SSSR count). The molecule has 1 fully saturated rings. The fourth-order valence-corrected chi connectivity index (χ4v) is 4.13. The minimum absolute atomic E-state index is 0.732. The molecule has 0 unspecified atom stereocenters. The van der Waals surface area contributed by atoms with Crippen molar-refractivity contribution in [1.82, 2.24) is 19.4 Å². The molecule has 0 N–H and O–H groups in total. The molecular weight excluding hydrogens is 334 g/mol. The van der Waals surface area contributed by atoms with Crippen molar-refractivity contribution in [2.75, 3.05) is 31.2 Å². The SMILES string of the molecule is Cc1nc2cc(-c3cnc4c(N5CCOCC5)nccn34)ccc2s1. The maximum absolute atomic E-state index is 5.45. The summed E-state index contributed by atoms with van der Waals surface area (Å²) in [6.07, 6.45) is 5.73. The number of aryl methyl sites for hydroxylation is 1. The Kier molecular flexibility index (Phi) is 3.43. The second kappa shape index (κ2) is 5.79. The summed E-state index contributed by atoms with van der Waals surface area (Å²) in [6, 6.07) is 6.41. The van der Waals surface area contributed by atoms with Gasteiger partial charge < -0.3 is 9.64 Å². The Morgan fingerprint density at radius 2 is 2.04 bits per heavy atom. The van der Waals surface area contributed by atoms with E-state index in [1.165, 1.54) is 4.70 Å². The van der Waals surface area contributed by atoms with Crippen LogP contribution in [0, 0.1) is 6.92 Å². The molecule has 1 aliphatic heterocycles. The predicted octanol–water partition coefficient (Wildman–Crippen LogP) is 3.15. The van der Waals surface area contributed by atoms with Crippen LogP contribution in [0.1, 0.15) is 5.01 Å². The molecule has 0 atom stereocenters. The number of benzene rings is 1. The van der Waals surface area contributed by atoms with Crippen LogP contribution in [0.2, 0.25) is 0 Å². The van der Waals surface area contributed by atoms with Crippen LogP contribution in [0.15, 0.2) is 36.8 Å². The lowest BCUT2D eigenvalue weighted by atomic mass is 10.1. The molecule has 0 aliphatic carbocycles. The zero-order valence-corrected chi connectivity index (χ0v) is 14.7. The molecule has 0 bridgehead atoms. The zero-order chi connectivity index (χ0) is 16.8. The van der Waals surface area contributed by atoms with Crippen molar-refractivity contribution in [3.05, 3.63) is 41.8 Å². The molecule has 25 heavy (non-hydrogen) atoms. The van der Waals surface area contributed by atoms with Crippen LogP contribution in [-0.2, 0) is 4.74 Å². The van der Waals surface area contributed by atoms with E-state index in [0.29, 0.717) is 0 Å². The lowest BCUT2D eigenvalue weighted by Gasteiger charge is -2.27. The van der Waals surface area contributed by atoms with Crippen molar-refractivity contribution in [1.29, 1.82) is 0 Å². The van der Waals surface area contributed by atoms with Crippen LogP contribution in [0.25, 0.3) is 27.1 Å². The largest absolute Gasteiger partial charge is 0.378 e. The van der Waals surface area contributed by atoms with E-state index in [-0.39, 0.29) is 0 Å². The molecule has 0 spiro atoms. The number of anilines is 1. The van der Waals surface area contributed by atoms with E-state index in [1.54, 1.807) is 11.3 Å². The lowest BCUT2D eigenvalue weighted by molar-refractivity contribution is 0.122. The minimum atomic E-state index is 0.732. The van der Waals surface area contributed by atoms with Crippen molar-refractivity contribution in [3.8, 4) is 11.3 Å². The van der Waals surface area contributed by atoms with Crippen LogP contribution in [0.3, 0.4) is 0 Å². The van der Waals surface area contributed by atoms with Gasteiger partial charge in [-0.2, -0.15) is 0 Å². The van der Waals surface area contributed by atoms with Crippen molar-refractivity contribution in [3.63, 3.8) is 0 Å². The molecule has 0 radical (unpaired) electrons. The number of ether oxygens (including phenoxy) is 1. The molecule has 4 aromatic rings. The normalized spacial score (nSPS) is 15.3. The van der Waals surface area contributed by atoms with Crippen molar-refractivity contribution >= 4 is 33.0 Å². The summed E-state index contributed by atoms with van der Waals surface area (Å²) in [5.74, 6) is 0.919. The van der Waals surface area contributed by atoms with E-state index in [1.807, 2.05) is 25.5 Å². The molecule has 7 heteroatoms. The molecule has 0 saturated carbocycles. The summed E-state index contributed by atoms with van der Waals surface area (Å²) >= 11 is 1.72. The molecule has 1 aromatic carbocycles. The highest BCUT2D eigenvalue weighted by atomic mass is 32.1. The summed E-state index contributed by atoms with van der Waals surface area (Å²) in [7, 11) is 0. The number of nitrogens with zero attached hydrogens (tertiary/aromatic N) is 5. The highest BCUT2D eigenvalue weighted by Gasteiger charge is 2.18. The van der Waals surface area contributed by atoms with Gasteiger partial charge in [0.2, 0.25) is 0 Å². The quantitative estimate of drug-likeness (QED) is 0.555. The number of morpholine rings is 1. The average molecular weight is 351 g/mol. The average Bonchev–Trinajstić information content (AvgIpc) is 3.24. The van der Waals surface area contributed by atoms with Crippen molar-refractivity contribution in [2.45, 2.75) is 6.92 Å². The summed E-state index contributed by atoms with van der Waals surface area (Å²) in [6.45, 7) is 5.20. The van der Waals surface area contributed by atoms with Gasteiger partial charge in [-0.25, -0.2) is 15.0 Å². The van der Waals surface area contributed by atoms with E-state index in [2.05, 4.69) is 42.5 Å². The first-order valence-electron chi connectivity index (χ1n) is 8.32. The second-order valence-electron chi connectivity index (χ2n) is 6.10. The van der Waals surface area contributed by atoms with Gasteiger partial charge in [0.05, 0.1) is 40.3 Å². The number of hydrogen-bond donors (Lipinski definition) is 0. The van der Waals surface area contributed by atoms with E-state index in [4.69, 9.17) is 4.74 Å². The fraction of sp³-hybridized carbons (Fsp3) is 0.278. The van der Waals surface area contributed by atoms with E-state index in [0.717, 1.165) is 59.6 Å². The molecule has 1 saturated heterocycles. The summed E-state index contributed by atoms with van der Waals surface area (Å²) in [5.41, 5.74) is 4.09. The third kappa shape index (κ3) is 2.47. The molecule has 3 aromatic heterocycles. The standard InChI is InChI=1S/C18H17N5OS/c1-12-21-14-10-13(2-3-16(14)25-12)15-11-20-18-17(19-4-5-23(15)18)22-6-8-24-9-7-22/h2-5,10-11H,6-9H2,1H3. The third-order valence-electron chi connectivity index (χ3n) is 4.51. The third-order valence-corrected chi connectivity index (χ3v) is 5.46. The van der Waals surface area contributed by atoms with Gasteiger partial charge in [-0.05, 0) is 19.1 Å². The Labute approximate surface area is 148 Å². The highest BCUT2D eigenvalue weighted by molar-refractivity contribution is 7.18. The summed E-state index contributed by atoms with van der Waals surface area (Å²) < 4.78 is 8.77. The Bertz CT molecular complexity index is 1060. The van der Waals surface area contributed by atoms with E-state index >= 15 is 0 Å². The van der Waals surface area contributed by atoms with Gasteiger partial charge in [-0.3, -0.25) is 4.40 Å². The Hall–Kier alpha value is -2.51.